The number of hydrogen-bond donors (Lipinski definition) is 1. The summed E-state index contributed by atoms with van der Waals surface area (Å²) in [6.07, 6.45) is 0. The van der Waals surface area contributed by atoms with Crippen molar-refractivity contribution in [1.29, 1.82) is 0 Å². The lowest BCUT2D eigenvalue weighted by Crippen LogP contribution is -2.35. The van der Waals surface area contributed by atoms with Gasteiger partial charge in [0, 0.05) is 11.3 Å². The fourth-order valence-electron chi connectivity index (χ4n) is 4.44. The molecule has 1 atom stereocenters. The topological polar surface area (TPSA) is 78.3 Å². The second kappa shape index (κ2) is 12.5. The fraction of sp³-hybridized carbons (Fsp3) is 0.156. The van der Waals surface area contributed by atoms with Crippen molar-refractivity contribution in [1.82, 2.24) is 20.1 Å². The zero-order valence-corrected chi connectivity index (χ0v) is 23.3. The molecule has 0 saturated carbocycles. The number of carbonyl (C=O) groups excluding carboxylic acids is 1. The second-order valence-electron chi connectivity index (χ2n) is 9.07. The van der Waals surface area contributed by atoms with Crippen LogP contribution in [-0.2, 0) is 4.79 Å². The van der Waals surface area contributed by atoms with Crippen LogP contribution in [0.2, 0.25) is 0 Å². The predicted octanol–water partition coefficient (Wildman–Crippen LogP) is 6.34. The molecule has 7 nitrogen and oxygen atoms in total. The SMILES string of the molecule is COc1ccc(-c2nnc(S[C@H](C)C(=O)NC(c3ccccc3)c3ccccc3)n2-c2ccccc2)cc1OC. The van der Waals surface area contributed by atoms with Gasteiger partial charge in [0.15, 0.2) is 22.5 Å². The summed E-state index contributed by atoms with van der Waals surface area (Å²) in [4.78, 5) is 13.6. The Morgan fingerprint density at radius 3 is 1.93 bits per heavy atom. The molecule has 0 aliphatic rings. The van der Waals surface area contributed by atoms with Crippen LogP contribution in [0.3, 0.4) is 0 Å². The van der Waals surface area contributed by atoms with Crippen LogP contribution < -0.4 is 14.8 Å². The van der Waals surface area contributed by atoms with Crippen LogP contribution in [0.1, 0.15) is 24.1 Å². The van der Waals surface area contributed by atoms with E-state index < -0.39 is 5.25 Å². The number of rotatable bonds is 10. The lowest BCUT2D eigenvalue weighted by Gasteiger charge is -2.22. The Bertz CT molecular complexity index is 1520. The molecule has 0 aliphatic heterocycles. The standard InChI is InChI=1S/C32H30N4O3S/c1-22(31(37)33-29(23-13-7-4-8-14-23)24-15-9-5-10-16-24)40-32-35-34-30(36(32)26-17-11-6-12-18-26)25-19-20-27(38-2)28(21-25)39-3/h4-22,29H,1-3H3,(H,33,37)/t22-/m1/s1. The Labute approximate surface area is 238 Å². The van der Waals surface area contributed by atoms with Gasteiger partial charge >= 0.3 is 0 Å². The average molecular weight is 551 g/mol. The van der Waals surface area contributed by atoms with Gasteiger partial charge in [0.2, 0.25) is 5.91 Å². The Balaban J connectivity index is 1.45. The van der Waals surface area contributed by atoms with Crippen LogP contribution in [0.5, 0.6) is 11.5 Å². The van der Waals surface area contributed by atoms with E-state index in [1.54, 1.807) is 14.2 Å². The van der Waals surface area contributed by atoms with Gasteiger partial charge in [0.25, 0.3) is 0 Å². The molecule has 0 fully saturated rings. The number of nitrogens with one attached hydrogen (secondary N) is 1. The van der Waals surface area contributed by atoms with Gasteiger partial charge in [-0.15, -0.1) is 10.2 Å². The highest BCUT2D eigenvalue weighted by Gasteiger charge is 2.25. The minimum Gasteiger partial charge on any atom is -0.493 e. The summed E-state index contributed by atoms with van der Waals surface area (Å²) >= 11 is 1.36. The third-order valence-electron chi connectivity index (χ3n) is 6.49. The molecule has 5 rings (SSSR count). The van der Waals surface area contributed by atoms with Crippen LogP contribution in [0.25, 0.3) is 17.1 Å². The number of methoxy groups -OCH3 is 2. The Hall–Kier alpha value is -4.56. The molecular weight excluding hydrogens is 520 g/mol. The molecule has 1 amide bonds. The molecule has 0 radical (unpaired) electrons. The van der Waals surface area contributed by atoms with Gasteiger partial charge in [-0.2, -0.15) is 0 Å². The van der Waals surface area contributed by atoms with Crippen molar-refractivity contribution >= 4 is 17.7 Å². The van der Waals surface area contributed by atoms with E-state index in [2.05, 4.69) is 15.5 Å². The number of hydrogen-bond acceptors (Lipinski definition) is 6. The maximum absolute atomic E-state index is 13.6. The summed E-state index contributed by atoms with van der Waals surface area (Å²) in [5, 5.41) is 12.4. The minimum absolute atomic E-state index is 0.0991. The van der Waals surface area contributed by atoms with E-state index in [0.717, 1.165) is 22.4 Å². The van der Waals surface area contributed by atoms with E-state index in [1.165, 1.54) is 11.8 Å². The largest absolute Gasteiger partial charge is 0.493 e. The first-order valence-electron chi connectivity index (χ1n) is 12.9. The number of nitrogens with zero attached hydrogens (tertiary/aromatic N) is 3. The summed E-state index contributed by atoms with van der Waals surface area (Å²) in [6.45, 7) is 1.88. The molecule has 8 heteroatoms. The lowest BCUT2D eigenvalue weighted by atomic mass is 9.98. The smallest absolute Gasteiger partial charge is 0.234 e. The van der Waals surface area contributed by atoms with Gasteiger partial charge in [-0.1, -0.05) is 90.6 Å². The number of aromatic nitrogens is 3. The number of carbonyl (C=O) groups is 1. The number of amides is 1. The first kappa shape index (κ1) is 27.0. The number of ether oxygens (including phenoxy) is 2. The van der Waals surface area contributed by atoms with Crippen molar-refractivity contribution in [3.05, 3.63) is 120 Å². The van der Waals surface area contributed by atoms with E-state index in [9.17, 15) is 4.79 Å². The van der Waals surface area contributed by atoms with Crippen molar-refractivity contribution in [2.24, 2.45) is 0 Å². The highest BCUT2D eigenvalue weighted by atomic mass is 32.2. The van der Waals surface area contributed by atoms with Crippen LogP contribution >= 0.6 is 11.8 Å². The first-order chi connectivity index (χ1) is 19.6. The van der Waals surface area contributed by atoms with E-state index in [-0.39, 0.29) is 11.9 Å². The first-order valence-corrected chi connectivity index (χ1v) is 13.8. The molecule has 202 valence electrons. The summed E-state index contributed by atoms with van der Waals surface area (Å²) in [5.41, 5.74) is 3.73. The molecule has 1 N–H and O–H groups in total. The molecule has 0 bridgehead atoms. The molecule has 4 aromatic carbocycles. The maximum atomic E-state index is 13.6. The summed E-state index contributed by atoms with van der Waals surface area (Å²) < 4.78 is 12.9. The van der Waals surface area contributed by atoms with E-state index in [1.807, 2.05) is 121 Å². The van der Waals surface area contributed by atoms with Gasteiger partial charge in [0.1, 0.15) is 0 Å². The second-order valence-corrected chi connectivity index (χ2v) is 10.4. The summed E-state index contributed by atoms with van der Waals surface area (Å²) in [6, 6.07) is 35.2. The molecule has 0 saturated heterocycles. The van der Waals surface area contributed by atoms with Gasteiger partial charge in [0.05, 0.1) is 25.5 Å². The van der Waals surface area contributed by atoms with Crippen molar-refractivity contribution in [3.63, 3.8) is 0 Å². The Morgan fingerprint density at radius 2 is 1.35 bits per heavy atom. The van der Waals surface area contributed by atoms with Gasteiger partial charge in [-0.05, 0) is 48.4 Å². The number of thioether (sulfide) groups is 1. The molecular formula is C32H30N4O3S. The van der Waals surface area contributed by atoms with Gasteiger partial charge in [-0.25, -0.2) is 0 Å². The van der Waals surface area contributed by atoms with E-state index in [0.29, 0.717) is 22.5 Å². The van der Waals surface area contributed by atoms with Crippen LogP contribution in [0.4, 0.5) is 0 Å². The van der Waals surface area contributed by atoms with Crippen LogP contribution in [-0.4, -0.2) is 40.1 Å². The highest BCUT2D eigenvalue weighted by molar-refractivity contribution is 8.00. The third kappa shape index (κ3) is 5.87. The summed E-state index contributed by atoms with van der Waals surface area (Å²) in [5.74, 6) is 1.76. The number of benzene rings is 4. The van der Waals surface area contributed by atoms with Crippen LogP contribution in [0.15, 0.2) is 114 Å². The molecule has 5 aromatic rings. The Morgan fingerprint density at radius 1 is 0.775 bits per heavy atom. The molecule has 1 heterocycles. The number of para-hydroxylation sites is 1. The van der Waals surface area contributed by atoms with Crippen molar-refractivity contribution in [2.75, 3.05) is 14.2 Å². The van der Waals surface area contributed by atoms with Crippen molar-refractivity contribution in [2.45, 2.75) is 23.4 Å². The monoisotopic (exact) mass is 550 g/mol. The third-order valence-corrected chi connectivity index (χ3v) is 7.54. The van der Waals surface area contributed by atoms with Crippen molar-refractivity contribution < 1.29 is 14.3 Å². The van der Waals surface area contributed by atoms with Crippen LogP contribution in [0, 0.1) is 0 Å². The normalized spacial score (nSPS) is 11.7. The maximum Gasteiger partial charge on any atom is 0.234 e. The molecule has 40 heavy (non-hydrogen) atoms. The zero-order chi connectivity index (χ0) is 27.9. The lowest BCUT2D eigenvalue weighted by molar-refractivity contribution is -0.120. The van der Waals surface area contributed by atoms with E-state index in [4.69, 9.17) is 9.47 Å². The molecule has 0 unspecified atom stereocenters. The Kier molecular flexibility index (Phi) is 8.47. The predicted molar refractivity (Wildman–Crippen MR) is 158 cm³/mol. The van der Waals surface area contributed by atoms with Crippen molar-refractivity contribution in [3.8, 4) is 28.6 Å². The average Bonchev–Trinajstić information content (AvgIpc) is 3.43. The molecule has 0 aliphatic carbocycles. The zero-order valence-electron chi connectivity index (χ0n) is 22.5. The van der Waals surface area contributed by atoms with E-state index >= 15 is 0 Å². The molecule has 0 spiro atoms. The molecule has 1 aromatic heterocycles. The highest BCUT2D eigenvalue weighted by Crippen LogP contribution is 2.35. The van der Waals surface area contributed by atoms with Gasteiger partial charge in [-0.3, -0.25) is 9.36 Å². The quantitative estimate of drug-likeness (QED) is 0.205. The summed E-state index contributed by atoms with van der Waals surface area (Å²) in [7, 11) is 3.20. The van der Waals surface area contributed by atoms with Gasteiger partial charge < -0.3 is 14.8 Å². The minimum atomic E-state index is -0.445. The fourth-order valence-corrected chi connectivity index (χ4v) is 5.32.